The third kappa shape index (κ3) is 5.13. The number of anilines is 1. The van der Waals surface area contributed by atoms with Crippen molar-refractivity contribution >= 4 is 28.8 Å². The summed E-state index contributed by atoms with van der Waals surface area (Å²) in [5, 5.41) is 9.13. The summed E-state index contributed by atoms with van der Waals surface area (Å²) in [7, 11) is 0. The topological polar surface area (TPSA) is 75.3 Å². The van der Waals surface area contributed by atoms with E-state index >= 15 is 0 Å². The van der Waals surface area contributed by atoms with Gasteiger partial charge in [-0.05, 0) is 43.0 Å². The fourth-order valence-electron chi connectivity index (χ4n) is 3.21. The monoisotopic (exact) mass is 426 g/mol. The summed E-state index contributed by atoms with van der Waals surface area (Å²) in [4.78, 5) is 16.9. The highest BCUT2D eigenvalue weighted by Gasteiger charge is 2.25. The lowest BCUT2D eigenvalue weighted by Gasteiger charge is -2.23. The predicted octanol–water partition coefficient (Wildman–Crippen LogP) is 3.31. The Morgan fingerprint density at radius 1 is 1.33 bits per heavy atom. The minimum atomic E-state index is -0.375. The van der Waals surface area contributed by atoms with Crippen molar-refractivity contribution in [2.24, 2.45) is 5.92 Å². The molecule has 30 heavy (non-hydrogen) atoms. The van der Waals surface area contributed by atoms with Crippen LogP contribution >= 0.6 is 12.2 Å². The third-order valence-electron chi connectivity index (χ3n) is 5.03. The first kappa shape index (κ1) is 20.3. The number of pyridine rings is 1. The van der Waals surface area contributed by atoms with E-state index in [1.54, 1.807) is 24.5 Å². The Balaban J connectivity index is 1.49. The number of amides is 1. The van der Waals surface area contributed by atoms with Crippen molar-refractivity contribution in [3.63, 3.8) is 0 Å². The van der Waals surface area contributed by atoms with Crippen LogP contribution in [0.2, 0.25) is 0 Å². The summed E-state index contributed by atoms with van der Waals surface area (Å²) in [5.41, 5.74) is 2.58. The molecule has 156 valence electrons. The Morgan fingerprint density at radius 2 is 2.20 bits per heavy atom. The summed E-state index contributed by atoms with van der Waals surface area (Å²) >= 11 is 5.46. The van der Waals surface area contributed by atoms with Gasteiger partial charge in [0.15, 0.2) is 0 Å². The Labute approximate surface area is 179 Å². The zero-order chi connectivity index (χ0) is 20.9. The van der Waals surface area contributed by atoms with Gasteiger partial charge in [-0.25, -0.2) is 4.39 Å². The standard InChI is InChI=1S/C22H23FN4O2S/c23-16-2-1-3-17(10-16)27-22(30)20-18(7-9-25-21(20)28)26-11-15-6-8-24-12-19(15)29-13-14-4-5-14/h1-3,6,8,10,12,14,26H,4-5,7,9,11,13H2,(H,25,28)(H,27,30). The number of carbonyl (C=O) groups is 1. The summed E-state index contributed by atoms with van der Waals surface area (Å²) in [6, 6.07) is 7.87. The van der Waals surface area contributed by atoms with Crippen molar-refractivity contribution in [1.29, 1.82) is 0 Å². The van der Waals surface area contributed by atoms with Gasteiger partial charge >= 0.3 is 0 Å². The number of nitrogens with one attached hydrogen (secondary N) is 3. The summed E-state index contributed by atoms with van der Waals surface area (Å²) in [6.45, 7) is 1.71. The molecule has 1 aliphatic heterocycles. The lowest BCUT2D eigenvalue weighted by molar-refractivity contribution is -0.117. The number of hydrogen-bond acceptors (Lipinski definition) is 5. The molecule has 3 N–H and O–H groups in total. The maximum Gasteiger partial charge on any atom is 0.256 e. The van der Waals surface area contributed by atoms with E-state index in [4.69, 9.17) is 17.0 Å². The molecule has 4 rings (SSSR count). The number of aromatic nitrogens is 1. The molecular formula is C22H23FN4O2S. The Hall–Kier alpha value is -3.00. The van der Waals surface area contributed by atoms with Crippen LogP contribution in [0.25, 0.3) is 0 Å². The number of thiocarbonyl (C=S) groups is 1. The normalized spacial score (nSPS) is 16.1. The van der Waals surface area contributed by atoms with Crippen LogP contribution in [0.1, 0.15) is 24.8 Å². The number of carbonyl (C=O) groups excluding carboxylic acids is 1. The lowest BCUT2D eigenvalue weighted by Crippen LogP contribution is -2.39. The molecule has 0 spiro atoms. The van der Waals surface area contributed by atoms with E-state index in [0.717, 1.165) is 17.0 Å². The zero-order valence-corrected chi connectivity index (χ0v) is 17.2. The first-order valence-corrected chi connectivity index (χ1v) is 10.4. The van der Waals surface area contributed by atoms with Gasteiger partial charge in [0.2, 0.25) is 0 Å². The number of benzene rings is 1. The van der Waals surface area contributed by atoms with Gasteiger partial charge < -0.3 is 20.7 Å². The molecule has 1 amide bonds. The van der Waals surface area contributed by atoms with Crippen LogP contribution in [0.5, 0.6) is 5.75 Å². The van der Waals surface area contributed by atoms with Gasteiger partial charge in [0, 0.05) is 42.7 Å². The minimum absolute atomic E-state index is 0.250. The van der Waals surface area contributed by atoms with E-state index in [0.29, 0.717) is 43.3 Å². The zero-order valence-electron chi connectivity index (χ0n) is 16.4. The molecule has 0 radical (unpaired) electrons. The van der Waals surface area contributed by atoms with E-state index in [9.17, 15) is 9.18 Å². The van der Waals surface area contributed by atoms with Gasteiger partial charge in [-0.15, -0.1) is 0 Å². The second kappa shape index (κ2) is 9.21. The molecule has 2 heterocycles. The van der Waals surface area contributed by atoms with Gasteiger partial charge in [-0.3, -0.25) is 9.78 Å². The van der Waals surface area contributed by atoms with Crippen LogP contribution in [-0.4, -0.2) is 29.0 Å². The predicted molar refractivity (Wildman–Crippen MR) is 117 cm³/mol. The SMILES string of the molecule is O=C1NCCC(NCc2ccncc2OCC2CC2)=C1C(=S)Nc1cccc(F)c1. The van der Waals surface area contributed by atoms with Crippen LogP contribution in [-0.2, 0) is 11.3 Å². The lowest BCUT2D eigenvalue weighted by atomic mass is 10.1. The molecule has 8 heteroatoms. The van der Waals surface area contributed by atoms with Gasteiger partial charge in [0.1, 0.15) is 16.6 Å². The molecule has 0 atom stereocenters. The molecule has 1 aromatic carbocycles. The highest BCUT2D eigenvalue weighted by molar-refractivity contribution is 7.81. The maximum absolute atomic E-state index is 13.5. The van der Waals surface area contributed by atoms with Crippen molar-refractivity contribution in [2.45, 2.75) is 25.8 Å². The van der Waals surface area contributed by atoms with Crippen LogP contribution in [0.3, 0.4) is 0 Å². The Morgan fingerprint density at radius 3 is 3.00 bits per heavy atom. The van der Waals surface area contributed by atoms with E-state index in [1.165, 1.54) is 25.0 Å². The molecule has 0 unspecified atom stereocenters. The van der Waals surface area contributed by atoms with Gasteiger partial charge in [-0.1, -0.05) is 18.3 Å². The van der Waals surface area contributed by atoms with E-state index in [1.807, 2.05) is 6.07 Å². The quantitative estimate of drug-likeness (QED) is 0.563. The first-order chi connectivity index (χ1) is 14.6. The summed E-state index contributed by atoms with van der Waals surface area (Å²) in [6.07, 6.45) is 6.50. The fourth-order valence-corrected chi connectivity index (χ4v) is 3.54. The molecule has 1 saturated carbocycles. The first-order valence-electron chi connectivity index (χ1n) is 9.98. The van der Waals surface area contributed by atoms with Crippen molar-refractivity contribution in [1.82, 2.24) is 15.6 Å². The largest absolute Gasteiger partial charge is 0.491 e. The van der Waals surface area contributed by atoms with E-state index < -0.39 is 0 Å². The van der Waals surface area contributed by atoms with Gasteiger partial charge in [0.25, 0.3) is 5.91 Å². The summed E-state index contributed by atoms with van der Waals surface area (Å²) < 4.78 is 19.4. The second-order valence-corrected chi connectivity index (χ2v) is 7.82. The number of halogens is 1. The van der Waals surface area contributed by atoms with Crippen LogP contribution in [0.15, 0.2) is 54.0 Å². The maximum atomic E-state index is 13.5. The Kier molecular flexibility index (Phi) is 6.23. The van der Waals surface area contributed by atoms with Crippen molar-refractivity contribution < 1.29 is 13.9 Å². The van der Waals surface area contributed by atoms with Crippen LogP contribution in [0.4, 0.5) is 10.1 Å². The summed E-state index contributed by atoms with van der Waals surface area (Å²) in [5.74, 6) is 0.769. The van der Waals surface area contributed by atoms with Crippen molar-refractivity contribution in [3.8, 4) is 5.75 Å². The fraction of sp³-hybridized carbons (Fsp3) is 0.318. The molecule has 1 aromatic heterocycles. The van der Waals surface area contributed by atoms with Gasteiger partial charge in [-0.2, -0.15) is 0 Å². The molecule has 0 saturated heterocycles. The number of ether oxygens (including phenoxy) is 1. The van der Waals surface area contributed by atoms with Crippen LogP contribution < -0.4 is 20.7 Å². The smallest absolute Gasteiger partial charge is 0.256 e. The molecule has 6 nitrogen and oxygen atoms in total. The van der Waals surface area contributed by atoms with E-state index in [-0.39, 0.29) is 16.7 Å². The number of nitrogens with zero attached hydrogens (tertiary/aromatic N) is 1. The average Bonchev–Trinajstić information content (AvgIpc) is 3.56. The number of hydrogen-bond donors (Lipinski definition) is 3. The van der Waals surface area contributed by atoms with E-state index in [2.05, 4.69) is 20.9 Å². The third-order valence-corrected chi connectivity index (χ3v) is 5.34. The van der Waals surface area contributed by atoms with Crippen molar-refractivity contribution in [2.75, 3.05) is 18.5 Å². The molecular weight excluding hydrogens is 403 g/mol. The average molecular weight is 427 g/mol. The molecule has 2 aliphatic rings. The van der Waals surface area contributed by atoms with Crippen molar-refractivity contribution in [3.05, 3.63) is 65.4 Å². The molecule has 2 aromatic rings. The van der Waals surface area contributed by atoms with Gasteiger partial charge in [0.05, 0.1) is 18.4 Å². The molecule has 0 bridgehead atoms. The number of rotatable bonds is 8. The highest BCUT2D eigenvalue weighted by atomic mass is 32.1. The minimum Gasteiger partial charge on any atom is -0.491 e. The molecule has 1 fully saturated rings. The second-order valence-electron chi connectivity index (χ2n) is 7.42. The Bertz CT molecular complexity index is 991. The van der Waals surface area contributed by atoms with Crippen LogP contribution in [0, 0.1) is 11.7 Å². The molecule has 1 aliphatic carbocycles. The highest BCUT2D eigenvalue weighted by Crippen LogP contribution is 2.30.